The molecule has 0 aliphatic carbocycles. The minimum atomic E-state index is -0.0778. The van der Waals surface area contributed by atoms with E-state index in [2.05, 4.69) is 20.8 Å². The van der Waals surface area contributed by atoms with Crippen molar-refractivity contribution in [1.82, 2.24) is 0 Å². The van der Waals surface area contributed by atoms with Crippen LogP contribution in [0.5, 0.6) is 11.5 Å². The van der Waals surface area contributed by atoms with Gasteiger partial charge in [-0.25, -0.2) is 0 Å². The minimum absolute atomic E-state index is 0.0778. The van der Waals surface area contributed by atoms with Gasteiger partial charge in [0.25, 0.3) is 0 Å². The topological polar surface area (TPSA) is 29.5 Å². The molecule has 0 fully saturated rings. The van der Waals surface area contributed by atoms with Gasteiger partial charge in [-0.2, -0.15) is 0 Å². The number of rotatable bonds is 4. The van der Waals surface area contributed by atoms with Gasteiger partial charge in [0.1, 0.15) is 17.1 Å². The van der Waals surface area contributed by atoms with Crippen molar-refractivity contribution >= 4 is 0 Å². The van der Waals surface area contributed by atoms with Crippen LogP contribution in [0.1, 0.15) is 52.0 Å². The molecule has 100 valence electrons. The number of benzene rings is 1. The van der Waals surface area contributed by atoms with Crippen LogP contribution >= 0.6 is 0 Å². The zero-order chi connectivity index (χ0) is 13.2. The summed E-state index contributed by atoms with van der Waals surface area (Å²) in [6.45, 7) is 6.66. The van der Waals surface area contributed by atoms with E-state index in [0.717, 1.165) is 25.0 Å². The average Bonchev–Trinajstić information content (AvgIpc) is 2.31. The van der Waals surface area contributed by atoms with Gasteiger partial charge in [-0.15, -0.1) is 0 Å². The number of aromatic hydroxyl groups is 1. The molecule has 0 spiro atoms. The van der Waals surface area contributed by atoms with E-state index in [1.807, 2.05) is 6.07 Å². The molecule has 2 unspecified atom stereocenters. The molecular formula is C16H24O2. The van der Waals surface area contributed by atoms with Crippen LogP contribution in [-0.4, -0.2) is 10.7 Å². The van der Waals surface area contributed by atoms with Crippen LogP contribution in [0.15, 0.2) is 18.2 Å². The molecule has 0 amide bonds. The lowest BCUT2D eigenvalue weighted by Crippen LogP contribution is -2.44. The molecule has 18 heavy (non-hydrogen) atoms. The SMILES string of the molecule is CCCC1Cc2ccc(O)cc2OC1(C)CCC. The van der Waals surface area contributed by atoms with Crippen LogP contribution in [0.25, 0.3) is 0 Å². The van der Waals surface area contributed by atoms with Gasteiger partial charge < -0.3 is 9.84 Å². The summed E-state index contributed by atoms with van der Waals surface area (Å²) < 4.78 is 6.25. The van der Waals surface area contributed by atoms with Crippen LogP contribution in [0.3, 0.4) is 0 Å². The Balaban J connectivity index is 2.31. The molecule has 1 aromatic rings. The Hall–Kier alpha value is -1.18. The summed E-state index contributed by atoms with van der Waals surface area (Å²) in [7, 11) is 0. The molecule has 0 bridgehead atoms. The first-order valence-corrected chi connectivity index (χ1v) is 7.10. The van der Waals surface area contributed by atoms with Crippen LogP contribution in [-0.2, 0) is 6.42 Å². The lowest BCUT2D eigenvalue weighted by atomic mass is 9.76. The number of phenols is 1. The zero-order valence-corrected chi connectivity index (χ0v) is 11.7. The molecule has 0 radical (unpaired) electrons. The van der Waals surface area contributed by atoms with E-state index in [4.69, 9.17) is 4.74 Å². The van der Waals surface area contributed by atoms with Crippen LogP contribution < -0.4 is 4.74 Å². The molecule has 1 N–H and O–H groups in total. The van der Waals surface area contributed by atoms with Gasteiger partial charge in [0.05, 0.1) is 0 Å². The smallest absolute Gasteiger partial charge is 0.127 e. The van der Waals surface area contributed by atoms with E-state index < -0.39 is 0 Å². The third-order valence-corrected chi connectivity index (χ3v) is 4.11. The minimum Gasteiger partial charge on any atom is -0.508 e. The number of phenolic OH excluding ortho intramolecular Hbond substituents is 1. The largest absolute Gasteiger partial charge is 0.508 e. The Morgan fingerprint density at radius 3 is 2.78 bits per heavy atom. The molecule has 2 atom stereocenters. The third kappa shape index (κ3) is 2.47. The Labute approximate surface area is 110 Å². The lowest BCUT2D eigenvalue weighted by molar-refractivity contribution is -0.00309. The maximum atomic E-state index is 9.58. The molecule has 0 saturated heterocycles. The highest BCUT2D eigenvalue weighted by Crippen LogP contribution is 2.42. The molecule has 1 aliphatic rings. The Bertz CT molecular complexity index is 414. The summed E-state index contributed by atoms with van der Waals surface area (Å²) in [5.41, 5.74) is 1.16. The summed E-state index contributed by atoms with van der Waals surface area (Å²) in [5, 5.41) is 9.58. The van der Waals surface area contributed by atoms with Gasteiger partial charge in [-0.3, -0.25) is 0 Å². The highest BCUT2D eigenvalue weighted by molar-refractivity contribution is 5.42. The molecule has 2 rings (SSSR count). The van der Waals surface area contributed by atoms with Crippen LogP contribution in [0.4, 0.5) is 0 Å². The molecule has 2 heteroatoms. The van der Waals surface area contributed by atoms with Gasteiger partial charge in [0.15, 0.2) is 0 Å². The van der Waals surface area contributed by atoms with Gasteiger partial charge in [0.2, 0.25) is 0 Å². The van der Waals surface area contributed by atoms with E-state index in [1.165, 1.54) is 18.4 Å². The second kappa shape index (κ2) is 5.21. The summed E-state index contributed by atoms with van der Waals surface area (Å²) in [6, 6.07) is 5.51. The Morgan fingerprint density at radius 2 is 2.11 bits per heavy atom. The molecule has 1 aliphatic heterocycles. The summed E-state index contributed by atoms with van der Waals surface area (Å²) in [4.78, 5) is 0. The first-order chi connectivity index (χ1) is 8.59. The predicted molar refractivity (Wildman–Crippen MR) is 74.1 cm³/mol. The highest BCUT2D eigenvalue weighted by Gasteiger charge is 2.39. The fraction of sp³-hybridized carbons (Fsp3) is 0.625. The zero-order valence-electron chi connectivity index (χ0n) is 11.7. The van der Waals surface area contributed by atoms with Crippen LogP contribution in [0, 0.1) is 5.92 Å². The number of hydrogen-bond acceptors (Lipinski definition) is 2. The van der Waals surface area contributed by atoms with Crippen LogP contribution in [0.2, 0.25) is 0 Å². The van der Waals surface area contributed by atoms with E-state index in [9.17, 15) is 5.11 Å². The average molecular weight is 248 g/mol. The Morgan fingerprint density at radius 1 is 1.33 bits per heavy atom. The third-order valence-electron chi connectivity index (χ3n) is 4.11. The van der Waals surface area contributed by atoms with Crippen molar-refractivity contribution < 1.29 is 9.84 Å². The van der Waals surface area contributed by atoms with E-state index in [0.29, 0.717) is 11.7 Å². The fourth-order valence-electron chi connectivity index (χ4n) is 3.13. The van der Waals surface area contributed by atoms with Crippen molar-refractivity contribution in [1.29, 1.82) is 0 Å². The monoisotopic (exact) mass is 248 g/mol. The van der Waals surface area contributed by atoms with Gasteiger partial charge >= 0.3 is 0 Å². The maximum absolute atomic E-state index is 9.58. The fourth-order valence-corrected chi connectivity index (χ4v) is 3.13. The van der Waals surface area contributed by atoms with Crippen molar-refractivity contribution in [3.05, 3.63) is 23.8 Å². The first-order valence-electron chi connectivity index (χ1n) is 7.10. The number of hydrogen-bond donors (Lipinski definition) is 1. The molecule has 1 heterocycles. The molecule has 0 saturated carbocycles. The summed E-state index contributed by atoms with van der Waals surface area (Å²) in [6.07, 6.45) is 5.68. The van der Waals surface area contributed by atoms with E-state index in [-0.39, 0.29) is 5.60 Å². The standard InChI is InChI=1S/C16H24O2/c1-4-6-13-10-12-7-8-14(17)11-15(12)18-16(13,3)9-5-2/h7-8,11,13,17H,4-6,9-10H2,1-3H3. The highest BCUT2D eigenvalue weighted by atomic mass is 16.5. The van der Waals surface area contributed by atoms with E-state index in [1.54, 1.807) is 12.1 Å². The summed E-state index contributed by atoms with van der Waals surface area (Å²) in [5.74, 6) is 1.75. The van der Waals surface area contributed by atoms with Gasteiger partial charge in [-0.05, 0) is 37.8 Å². The number of ether oxygens (including phenoxy) is 1. The first kappa shape index (κ1) is 13.3. The molecule has 2 nitrogen and oxygen atoms in total. The van der Waals surface area contributed by atoms with Crippen molar-refractivity contribution in [2.45, 2.75) is 58.5 Å². The number of fused-ring (bicyclic) bond motifs is 1. The Kier molecular flexibility index (Phi) is 3.84. The second-order valence-corrected chi connectivity index (χ2v) is 5.65. The molecule has 0 aromatic heterocycles. The lowest BCUT2D eigenvalue weighted by Gasteiger charge is -2.42. The molecular weight excluding hydrogens is 224 g/mol. The predicted octanol–water partition coefficient (Wildman–Crippen LogP) is 4.30. The van der Waals surface area contributed by atoms with E-state index >= 15 is 0 Å². The maximum Gasteiger partial charge on any atom is 0.127 e. The second-order valence-electron chi connectivity index (χ2n) is 5.65. The van der Waals surface area contributed by atoms with Crippen molar-refractivity contribution in [2.24, 2.45) is 5.92 Å². The van der Waals surface area contributed by atoms with Crippen molar-refractivity contribution in [3.63, 3.8) is 0 Å². The molecule has 1 aromatic carbocycles. The van der Waals surface area contributed by atoms with Crippen molar-refractivity contribution in [2.75, 3.05) is 0 Å². The van der Waals surface area contributed by atoms with Gasteiger partial charge in [0, 0.05) is 12.0 Å². The van der Waals surface area contributed by atoms with Gasteiger partial charge in [-0.1, -0.05) is 32.8 Å². The normalized spacial score (nSPS) is 26.5. The van der Waals surface area contributed by atoms with Crippen molar-refractivity contribution in [3.8, 4) is 11.5 Å². The quantitative estimate of drug-likeness (QED) is 0.860. The summed E-state index contributed by atoms with van der Waals surface area (Å²) >= 11 is 0.